The Balaban J connectivity index is 2.44. The SMILES string of the molecule is CC(=O)c1ccc(-n2nnnc2C(F)(F)F)cc1. The fourth-order valence-electron chi connectivity index (χ4n) is 1.38. The third-order valence-electron chi connectivity index (χ3n) is 2.24. The minimum atomic E-state index is -4.64. The molecule has 0 aliphatic heterocycles. The molecule has 2 rings (SSSR count). The Morgan fingerprint density at radius 2 is 1.83 bits per heavy atom. The van der Waals surface area contributed by atoms with Crippen molar-refractivity contribution in [3.05, 3.63) is 35.7 Å². The summed E-state index contributed by atoms with van der Waals surface area (Å²) in [5, 5.41) is 9.21. The minimum Gasteiger partial charge on any atom is -0.295 e. The van der Waals surface area contributed by atoms with Crippen LogP contribution in [0.4, 0.5) is 13.2 Å². The fourth-order valence-corrected chi connectivity index (χ4v) is 1.38. The van der Waals surface area contributed by atoms with Crippen LogP contribution in [0.1, 0.15) is 23.1 Å². The Labute approximate surface area is 99.2 Å². The van der Waals surface area contributed by atoms with Crippen molar-refractivity contribution in [1.82, 2.24) is 20.2 Å². The summed E-state index contributed by atoms with van der Waals surface area (Å²) < 4.78 is 38.2. The molecule has 0 unspecified atom stereocenters. The maximum Gasteiger partial charge on any atom is 0.453 e. The van der Waals surface area contributed by atoms with Crippen molar-refractivity contribution < 1.29 is 18.0 Å². The van der Waals surface area contributed by atoms with Crippen LogP contribution >= 0.6 is 0 Å². The van der Waals surface area contributed by atoms with Gasteiger partial charge in [0.1, 0.15) is 0 Å². The van der Waals surface area contributed by atoms with Crippen molar-refractivity contribution >= 4 is 5.78 Å². The molecule has 0 aliphatic carbocycles. The van der Waals surface area contributed by atoms with E-state index < -0.39 is 12.0 Å². The molecule has 18 heavy (non-hydrogen) atoms. The highest BCUT2D eigenvalue weighted by molar-refractivity contribution is 5.94. The van der Waals surface area contributed by atoms with Gasteiger partial charge in [-0.1, -0.05) is 0 Å². The standard InChI is InChI=1S/C10H7F3N4O/c1-6(18)7-2-4-8(5-3-7)17-9(10(11,12)13)14-15-16-17/h2-5H,1H3. The van der Waals surface area contributed by atoms with Crippen molar-refractivity contribution in [2.75, 3.05) is 0 Å². The number of carbonyl (C=O) groups excluding carboxylic acids is 1. The number of nitrogens with zero attached hydrogens (tertiary/aromatic N) is 4. The molecule has 2 aromatic rings. The van der Waals surface area contributed by atoms with Crippen LogP contribution in [-0.4, -0.2) is 26.0 Å². The number of hydrogen-bond acceptors (Lipinski definition) is 4. The van der Waals surface area contributed by atoms with Crippen molar-refractivity contribution in [2.24, 2.45) is 0 Å². The lowest BCUT2D eigenvalue weighted by Crippen LogP contribution is -2.14. The molecule has 0 N–H and O–H groups in total. The zero-order valence-corrected chi connectivity index (χ0v) is 9.14. The second-order valence-corrected chi connectivity index (χ2v) is 3.52. The predicted molar refractivity (Wildman–Crippen MR) is 54.2 cm³/mol. The van der Waals surface area contributed by atoms with Gasteiger partial charge in [-0.2, -0.15) is 17.9 Å². The van der Waals surface area contributed by atoms with Crippen molar-refractivity contribution in [1.29, 1.82) is 0 Å². The normalized spacial score (nSPS) is 11.6. The van der Waals surface area contributed by atoms with E-state index >= 15 is 0 Å². The van der Waals surface area contributed by atoms with E-state index in [9.17, 15) is 18.0 Å². The van der Waals surface area contributed by atoms with Gasteiger partial charge >= 0.3 is 6.18 Å². The summed E-state index contributed by atoms with van der Waals surface area (Å²) in [6.45, 7) is 1.37. The van der Waals surface area contributed by atoms with Crippen molar-refractivity contribution in [2.45, 2.75) is 13.1 Å². The first-order valence-electron chi connectivity index (χ1n) is 4.86. The molecular formula is C10H7F3N4O. The van der Waals surface area contributed by atoms with Crippen LogP contribution in [0.25, 0.3) is 5.69 Å². The predicted octanol–water partition coefficient (Wildman–Crippen LogP) is 1.88. The summed E-state index contributed by atoms with van der Waals surface area (Å²) in [5.41, 5.74) is 0.540. The Bertz CT molecular complexity index is 574. The Morgan fingerprint density at radius 3 is 2.33 bits per heavy atom. The average molecular weight is 256 g/mol. The molecular weight excluding hydrogens is 249 g/mol. The molecule has 0 atom stereocenters. The number of rotatable bonds is 2. The van der Waals surface area contributed by atoms with Gasteiger partial charge < -0.3 is 0 Å². The molecule has 0 saturated heterocycles. The maximum absolute atomic E-state index is 12.6. The molecule has 0 amide bonds. The monoisotopic (exact) mass is 256 g/mol. The van der Waals surface area contributed by atoms with Crippen LogP contribution in [-0.2, 0) is 6.18 Å². The quantitative estimate of drug-likeness (QED) is 0.770. The third-order valence-corrected chi connectivity index (χ3v) is 2.24. The van der Waals surface area contributed by atoms with E-state index in [4.69, 9.17) is 0 Å². The van der Waals surface area contributed by atoms with E-state index in [0.717, 1.165) is 0 Å². The first kappa shape index (κ1) is 12.2. The average Bonchev–Trinajstić information content (AvgIpc) is 2.77. The third kappa shape index (κ3) is 2.22. The number of halogens is 3. The molecule has 5 nitrogen and oxygen atoms in total. The Morgan fingerprint density at radius 1 is 1.22 bits per heavy atom. The van der Waals surface area contributed by atoms with Gasteiger partial charge in [-0.3, -0.25) is 4.79 Å². The first-order valence-corrected chi connectivity index (χ1v) is 4.86. The molecule has 0 saturated carbocycles. The minimum absolute atomic E-state index is 0.136. The molecule has 94 valence electrons. The van der Waals surface area contributed by atoms with E-state index in [1.807, 2.05) is 0 Å². The van der Waals surface area contributed by atoms with Gasteiger partial charge in [0.15, 0.2) is 5.78 Å². The highest BCUT2D eigenvalue weighted by atomic mass is 19.4. The second-order valence-electron chi connectivity index (χ2n) is 3.52. The molecule has 1 heterocycles. The van der Waals surface area contributed by atoms with Gasteiger partial charge in [0, 0.05) is 5.56 Å². The van der Waals surface area contributed by atoms with E-state index in [1.54, 1.807) is 0 Å². The van der Waals surface area contributed by atoms with E-state index in [0.29, 0.717) is 10.2 Å². The van der Waals surface area contributed by atoms with Crippen LogP contribution in [0.5, 0.6) is 0 Å². The highest BCUT2D eigenvalue weighted by Crippen LogP contribution is 2.28. The summed E-state index contributed by atoms with van der Waals surface area (Å²) in [7, 11) is 0. The number of tetrazole rings is 1. The zero-order valence-electron chi connectivity index (χ0n) is 9.14. The van der Waals surface area contributed by atoms with E-state index in [-0.39, 0.29) is 11.5 Å². The number of hydrogen-bond donors (Lipinski definition) is 0. The number of benzene rings is 1. The molecule has 0 spiro atoms. The number of ketones is 1. The fraction of sp³-hybridized carbons (Fsp3) is 0.200. The number of carbonyl (C=O) groups is 1. The maximum atomic E-state index is 12.6. The van der Waals surface area contributed by atoms with Crippen LogP contribution in [0, 0.1) is 0 Å². The van der Waals surface area contributed by atoms with Crippen LogP contribution in [0.3, 0.4) is 0 Å². The molecule has 0 radical (unpaired) electrons. The van der Waals surface area contributed by atoms with Crippen molar-refractivity contribution in [3.8, 4) is 5.69 Å². The molecule has 0 aliphatic rings. The Kier molecular flexibility index (Phi) is 2.85. The van der Waals surface area contributed by atoms with Crippen molar-refractivity contribution in [3.63, 3.8) is 0 Å². The van der Waals surface area contributed by atoms with E-state index in [1.165, 1.54) is 31.2 Å². The number of Topliss-reactive ketones (excluding diaryl/α,β-unsaturated/α-hetero) is 1. The summed E-state index contributed by atoms with van der Waals surface area (Å²) in [6.07, 6.45) is -4.64. The van der Waals surface area contributed by atoms with Gasteiger partial charge in [-0.15, -0.1) is 5.10 Å². The van der Waals surface area contributed by atoms with Crippen LogP contribution < -0.4 is 0 Å². The second kappa shape index (κ2) is 4.21. The molecule has 1 aromatic heterocycles. The first-order chi connectivity index (χ1) is 8.39. The smallest absolute Gasteiger partial charge is 0.295 e. The van der Waals surface area contributed by atoms with Gasteiger partial charge in [0.25, 0.3) is 5.82 Å². The van der Waals surface area contributed by atoms with Crippen LogP contribution in [0.15, 0.2) is 24.3 Å². The highest BCUT2D eigenvalue weighted by Gasteiger charge is 2.38. The molecule has 0 bridgehead atoms. The number of alkyl halides is 3. The van der Waals surface area contributed by atoms with Gasteiger partial charge in [0.05, 0.1) is 5.69 Å². The molecule has 1 aromatic carbocycles. The topological polar surface area (TPSA) is 60.7 Å². The molecule has 8 heteroatoms. The summed E-state index contributed by atoms with van der Waals surface area (Å²) in [5.74, 6) is -1.38. The van der Waals surface area contributed by atoms with Crippen LogP contribution in [0.2, 0.25) is 0 Å². The van der Waals surface area contributed by atoms with E-state index in [2.05, 4.69) is 15.5 Å². The lowest BCUT2D eigenvalue weighted by Gasteiger charge is -2.07. The summed E-state index contributed by atoms with van der Waals surface area (Å²) in [6, 6.07) is 5.53. The van der Waals surface area contributed by atoms with Gasteiger partial charge in [0.2, 0.25) is 0 Å². The van der Waals surface area contributed by atoms with Gasteiger partial charge in [-0.05, 0) is 41.6 Å². The number of aromatic nitrogens is 4. The van der Waals surface area contributed by atoms with Gasteiger partial charge in [-0.25, -0.2) is 0 Å². The molecule has 0 fully saturated rings. The lowest BCUT2D eigenvalue weighted by atomic mass is 10.1. The summed E-state index contributed by atoms with van der Waals surface area (Å²) in [4.78, 5) is 11.0. The Hall–Kier alpha value is -2.25. The summed E-state index contributed by atoms with van der Waals surface area (Å²) >= 11 is 0. The largest absolute Gasteiger partial charge is 0.453 e. The zero-order chi connectivity index (χ0) is 13.3. The lowest BCUT2D eigenvalue weighted by molar-refractivity contribution is -0.146.